The van der Waals surface area contributed by atoms with Gasteiger partial charge in [0.15, 0.2) is 5.82 Å². The summed E-state index contributed by atoms with van der Waals surface area (Å²) in [5.41, 5.74) is 5.97. The molecule has 1 aromatic rings. The monoisotopic (exact) mass is 257 g/mol. The molecule has 0 radical (unpaired) electrons. The molecule has 1 aliphatic rings. The van der Waals surface area contributed by atoms with E-state index >= 15 is 0 Å². The predicted octanol–water partition coefficient (Wildman–Crippen LogP) is 1.10. The van der Waals surface area contributed by atoms with Gasteiger partial charge in [0.1, 0.15) is 10.6 Å². The Morgan fingerprint density at radius 3 is 3.06 bits per heavy atom. The van der Waals surface area contributed by atoms with E-state index in [2.05, 4.69) is 14.4 Å². The third kappa shape index (κ3) is 2.34. The number of nitrogen functional groups attached to an aromatic ring is 1. The molecule has 2 unspecified atom stereocenters. The number of rotatable bonds is 3. The fourth-order valence-electron chi connectivity index (χ4n) is 1.79. The van der Waals surface area contributed by atoms with Crippen LogP contribution in [-0.2, 0) is 9.47 Å². The summed E-state index contributed by atoms with van der Waals surface area (Å²) in [6, 6.07) is 0.179. The lowest BCUT2D eigenvalue weighted by Gasteiger charge is -2.16. The van der Waals surface area contributed by atoms with Crippen LogP contribution in [0.15, 0.2) is 0 Å². The SMILES string of the molecule is COC(=O)c1c(N)nsc1NC1CCOC1C. The summed E-state index contributed by atoms with van der Waals surface area (Å²) in [6.45, 7) is 2.72. The zero-order valence-corrected chi connectivity index (χ0v) is 10.5. The lowest BCUT2D eigenvalue weighted by atomic mass is 10.1. The van der Waals surface area contributed by atoms with Crippen molar-refractivity contribution in [2.45, 2.75) is 25.5 Å². The highest BCUT2D eigenvalue weighted by atomic mass is 32.1. The second-order valence-electron chi connectivity index (χ2n) is 3.88. The van der Waals surface area contributed by atoms with Crippen molar-refractivity contribution in [3.05, 3.63) is 5.56 Å². The first kappa shape index (κ1) is 12.1. The van der Waals surface area contributed by atoms with E-state index in [0.29, 0.717) is 10.6 Å². The van der Waals surface area contributed by atoms with Crippen LogP contribution < -0.4 is 11.1 Å². The van der Waals surface area contributed by atoms with E-state index in [9.17, 15) is 4.79 Å². The lowest BCUT2D eigenvalue weighted by molar-refractivity contribution is 0.0603. The van der Waals surface area contributed by atoms with Crippen LogP contribution in [0, 0.1) is 0 Å². The molecule has 2 atom stereocenters. The van der Waals surface area contributed by atoms with Crippen molar-refractivity contribution in [2.75, 3.05) is 24.8 Å². The molecule has 2 rings (SSSR count). The minimum Gasteiger partial charge on any atom is -0.465 e. The number of nitrogens with two attached hydrogens (primary N) is 1. The number of anilines is 2. The predicted molar refractivity (Wildman–Crippen MR) is 65.3 cm³/mol. The third-order valence-electron chi connectivity index (χ3n) is 2.80. The normalized spacial score (nSPS) is 23.6. The largest absolute Gasteiger partial charge is 0.465 e. The smallest absolute Gasteiger partial charge is 0.344 e. The van der Waals surface area contributed by atoms with Gasteiger partial charge < -0.3 is 20.5 Å². The lowest BCUT2D eigenvalue weighted by Crippen LogP contribution is -2.27. The Morgan fingerprint density at radius 2 is 2.47 bits per heavy atom. The fourth-order valence-corrected chi connectivity index (χ4v) is 2.55. The molecule has 1 aliphatic heterocycles. The summed E-state index contributed by atoms with van der Waals surface area (Å²) in [5.74, 6) is -0.263. The maximum Gasteiger partial charge on any atom is 0.344 e. The van der Waals surface area contributed by atoms with Gasteiger partial charge in [-0.1, -0.05) is 0 Å². The zero-order chi connectivity index (χ0) is 12.4. The van der Waals surface area contributed by atoms with Crippen LogP contribution in [0.4, 0.5) is 10.8 Å². The van der Waals surface area contributed by atoms with Gasteiger partial charge in [-0.25, -0.2) is 4.79 Å². The molecule has 1 aromatic heterocycles. The van der Waals surface area contributed by atoms with Gasteiger partial charge in [0.05, 0.1) is 19.3 Å². The molecule has 0 amide bonds. The highest BCUT2D eigenvalue weighted by molar-refractivity contribution is 7.11. The maximum absolute atomic E-state index is 11.6. The van der Waals surface area contributed by atoms with Gasteiger partial charge in [-0.3, -0.25) is 0 Å². The van der Waals surface area contributed by atoms with Crippen LogP contribution in [0.2, 0.25) is 0 Å². The van der Waals surface area contributed by atoms with E-state index in [1.165, 1.54) is 18.6 Å². The summed E-state index contributed by atoms with van der Waals surface area (Å²) < 4.78 is 14.1. The molecule has 0 saturated carbocycles. The molecule has 3 N–H and O–H groups in total. The first-order chi connectivity index (χ1) is 8.13. The zero-order valence-electron chi connectivity index (χ0n) is 9.73. The number of methoxy groups -OCH3 is 1. The Balaban J connectivity index is 2.18. The van der Waals surface area contributed by atoms with Crippen molar-refractivity contribution in [1.29, 1.82) is 0 Å². The Hall–Kier alpha value is -1.34. The molecule has 1 saturated heterocycles. The molecular weight excluding hydrogens is 242 g/mol. The minimum atomic E-state index is -0.467. The van der Waals surface area contributed by atoms with Gasteiger partial charge in [0.2, 0.25) is 0 Å². The molecule has 0 aliphatic carbocycles. The van der Waals surface area contributed by atoms with Gasteiger partial charge in [0, 0.05) is 6.61 Å². The van der Waals surface area contributed by atoms with Gasteiger partial charge >= 0.3 is 5.97 Å². The quantitative estimate of drug-likeness (QED) is 0.789. The number of nitrogens with zero attached hydrogens (tertiary/aromatic N) is 1. The number of carbonyl (C=O) groups excluding carboxylic acids is 1. The van der Waals surface area contributed by atoms with E-state index in [4.69, 9.17) is 10.5 Å². The van der Waals surface area contributed by atoms with Crippen molar-refractivity contribution in [3.63, 3.8) is 0 Å². The second-order valence-corrected chi connectivity index (χ2v) is 4.65. The molecule has 94 valence electrons. The Bertz CT molecular complexity index is 421. The van der Waals surface area contributed by atoms with Crippen molar-refractivity contribution < 1.29 is 14.3 Å². The average molecular weight is 257 g/mol. The Kier molecular flexibility index (Phi) is 3.49. The van der Waals surface area contributed by atoms with Crippen LogP contribution in [0.25, 0.3) is 0 Å². The summed E-state index contributed by atoms with van der Waals surface area (Å²) >= 11 is 1.17. The number of aromatic nitrogens is 1. The van der Waals surface area contributed by atoms with E-state index < -0.39 is 5.97 Å². The van der Waals surface area contributed by atoms with Gasteiger partial charge in [-0.15, -0.1) is 0 Å². The molecule has 7 heteroatoms. The van der Waals surface area contributed by atoms with E-state index in [1.54, 1.807) is 0 Å². The number of esters is 1. The van der Waals surface area contributed by atoms with Crippen LogP contribution in [0.3, 0.4) is 0 Å². The van der Waals surface area contributed by atoms with Crippen LogP contribution >= 0.6 is 11.5 Å². The summed E-state index contributed by atoms with van der Waals surface area (Å²) in [4.78, 5) is 11.6. The van der Waals surface area contributed by atoms with Crippen molar-refractivity contribution in [3.8, 4) is 0 Å². The first-order valence-electron chi connectivity index (χ1n) is 5.35. The number of carbonyl (C=O) groups is 1. The third-order valence-corrected chi connectivity index (χ3v) is 3.59. The van der Waals surface area contributed by atoms with E-state index in [-0.39, 0.29) is 18.0 Å². The molecule has 1 fully saturated rings. The van der Waals surface area contributed by atoms with Crippen molar-refractivity contribution in [1.82, 2.24) is 4.37 Å². The Labute approximate surface area is 103 Å². The van der Waals surface area contributed by atoms with E-state index in [1.807, 2.05) is 6.92 Å². The molecule has 0 bridgehead atoms. The van der Waals surface area contributed by atoms with Crippen LogP contribution in [0.1, 0.15) is 23.7 Å². The molecule has 0 spiro atoms. The minimum absolute atomic E-state index is 0.115. The summed E-state index contributed by atoms with van der Waals surface area (Å²) in [6.07, 6.45) is 1.02. The number of ether oxygens (including phenoxy) is 2. The topological polar surface area (TPSA) is 86.5 Å². The number of hydrogen-bond acceptors (Lipinski definition) is 7. The molecule has 2 heterocycles. The summed E-state index contributed by atoms with van der Waals surface area (Å²) in [5, 5.41) is 3.90. The van der Waals surface area contributed by atoms with Gasteiger partial charge in [-0.05, 0) is 24.9 Å². The second kappa shape index (κ2) is 4.89. The Morgan fingerprint density at radius 1 is 1.71 bits per heavy atom. The van der Waals surface area contributed by atoms with Gasteiger partial charge in [0.25, 0.3) is 0 Å². The summed E-state index contributed by atoms with van der Waals surface area (Å²) in [7, 11) is 1.32. The van der Waals surface area contributed by atoms with Crippen molar-refractivity contribution >= 4 is 28.3 Å². The fraction of sp³-hybridized carbons (Fsp3) is 0.600. The highest BCUT2D eigenvalue weighted by Crippen LogP contribution is 2.30. The van der Waals surface area contributed by atoms with Gasteiger partial charge in [-0.2, -0.15) is 4.37 Å². The van der Waals surface area contributed by atoms with Crippen LogP contribution in [0.5, 0.6) is 0 Å². The first-order valence-corrected chi connectivity index (χ1v) is 6.12. The molecule has 0 aromatic carbocycles. The number of hydrogen-bond donors (Lipinski definition) is 2. The highest BCUT2D eigenvalue weighted by Gasteiger charge is 2.28. The average Bonchev–Trinajstić information content (AvgIpc) is 2.86. The standard InChI is InChI=1S/C10H15N3O3S/c1-5-6(3-4-16-5)12-9-7(10(14)15-2)8(11)13-17-9/h5-6,12H,3-4H2,1-2H3,(H2,11,13). The molecule has 6 nitrogen and oxygen atoms in total. The maximum atomic E-state index is 11.6. The number of nitrogens with one attached hydrogen (secondary N) is 1. The van der Waals surface area contributed by atoms with Crippen LogP contribution in [-0.4, -0.2) is 36.2 Å². The van der Waals surface area contributed by atoms with E-state index in [0.717, 1.165) is 13.0 Å². The molecular formula is C10H15N3O3S. The molecule has 17 heavy (non-hydrogen) atoms. The van der Waals surface area contributed by atoms with Crippen molar-refractivity contribution in [2.24, 2.45) is 0 Å².